The van der Waals surface area contributed by atoms with Crippen LogP contribution in [0.25, 0.3) is 0 Å². The molecule has 1 saturated heterocycles. The molecule has 0 unspecified atom stereocenters. The van der Waals surface area contributed by atoms with Gasteiger partial charge >= 0.3 is 5.97 Å². The fraction of sp³-hybridized carbons (Fsp3) is 0.480. The van der Waals surface area contributed by atoms with Crippen LogP contribution < -0.4 is 5.32 Å². The molecule has 10 heteroatoms. The molecule has 186 valence electrons. The van der Waals surface area contributed by atoms with Crippen molar-refractivity contribution in [2.24, 2.45) is 5.92 Å². The highest BCUT2D eigenvalue weighted by atomic mass is 32.2. The van der Waals surface area contributed by atoms with Crippen molar-refractivity contribution in [1.29, 1.82) is 5.26 Å². The summed E-state index contributed by atoms with van der Waals surface area (Å²) in [4.78, 5) is 26.1. The molecule has 1 aliphatic carbocycles. The highest BCUT2D eigenvalue weighted by Gasteiger charge is 2.33. The third-order valence-corrected chi connectivity index (χ3v) is 9.70. The second-order valence-electron chi connectivity index (χ2n) is 8.76. The standard InChI is InChI=1S/C25H29N3O5S2/c1-2-33-25(30)17-10-12-28(13-11-17)35(31,32)19-7-5-6-18(14-19)22(29)16-27-24-21(15-26)20-8-3-4-9-23(20)34-24/h5-7,14,17,27H,2-4,8-13,16H2,1H3. The van der Waals surface area contributed by atoms with E-state index in [4.69, 9.17) is 4.74 Å². The molecule has 1 fully saturated rings. The van der Waals surface area contributed by atoms with Crippen LogP contribution in [0.1, 0.15) is 59.0 Å². The number of anilines is 1. The zero-order valence-corrected chi connectivity index (χ0v) is 21.3. The van der Waals surface area contributed by atoms with Gasteiger partial charge in [-0.15, -0.1) is 11.3 Å². The van der Waals surface area contributed by atoms with Crippen LogP contribution in [0.2, 0.25) is 0 Å². The van der Waals surface area contributed by atoms with Crippen molar-refractivity contribution in [3.05, 3.63) is 45.8 Å². The number of fused-ring (bicyclic) bond motifs is 1. The van der Waals surface area contributed by atoms with Gasteiger partial charge in [0.1, 0.15) is 11.1 Å². The lowest BCUT2D eigenvalue weighted by atomic mass is 9.96. The number of ketones is 1. The Morgan fingerprint density at radius 2 is 1.97 bits per heavy atom. The van der Waals surface area contributed by atoms with Crippen molar-refractivity contribution in [2.75, 3.05) is 31.6 Å². The summed E-state index contributed by atoms with van der Waals surface area (Å²) in [7, 11) is -3.79. The molecule has 0 amide bonds. The number of nitrogens with zero attached hydrogens (tertiary/aromatic N) is 2. The molecule has 35 heavy (non-hydrogen) atoms. The van der Waals surface area contributed by atoms with E-state index >= 15 is 0 Å². The van der Waals surface area contributed by atoms with Crippen molar-refractivity contribution in [3.8, 4) is 6.07 Å². The summed E-state index contributed by atoms with van der Waals surface area (Å²) in [6.07, 6.45) is 4.85. The quantitative estimate of drug-likeness (QED) is 0.420. The van der Waals surface area contributed by atoms with Crippen molar-refractivity contribution in [1.82, 2.24) is 4.31 Å². The highest BCUT2D eigenvalue weighted by molar-refractivity contribution is 7.89. The number of ether oxygens (including phenoxy) is 1. The van der Waals surface area contributed by atoms with E-state index in [1.165, 1.54) is 32.7 Å². The number of nitrogens with one attached hydrogen (secondary N) is 1. The summed E-state index contributed by atoms with van der Waals surface area (Å²) in [5.74, 6) is -0.823. The zero-order valence-electron chi connectivity index (χ0n) is 19.7. The van der Waals surface area contributed by atoms with Crippen LogP contribution in [0.3, 0.4) is 0 Å². The first-order chi connectivity index (χ1) is 16.8. The minimum absolute atomic E-state index is 0.0253. The van der Waals surface area contributed by atoms with Gasteiger partial charge < -0.3 is 10.1 Å². The van der Waals surface area contributed by atoms with Crippen LogP contribution in [-0.4, -0.2) is 50.7 Å². The predicted octanol–water partition coefficient (Wildman–Crippen LogP) is 3.76. The first kappa shape index (κ1) is 25.4. The van der Waals surface area contributed by atoms with Crippen LogP contribution in [0.15, 0.2) is 29.2 Å². The third-order valence-electron chi connectivity index (χ3n) is 6.56. The molecule has 2 heterocycles. The Labute approximate surface area is 209 Å². The van der Waals surface area contributed by atoms with Crippen molar-refractivity contribution >= 4 is 38.1 Å². The number of benzene rings is 1. The number of esters is 1. The van der Waals surface area contributed by atoms with Crippen molar-refractivity contribution in [3.63, 3.8) is 0 Å². The molecule has 0 radical (unpaired) electrons. The number of carbonyl (C=O) groups is 2. The monoisotopic (exact) mass is 515 g/mol. The molecule has 4 rings (SSSR count). The molecule has 2 aliphatic rings. The van der Waals surface area contributed by atoms with E-state index in [1.54, 1.807) is 19.1 Å². The van der Waals surface area contributed by atoms with Gasteiger partial charge in [-0.1, -0.05) is 12.1 Å². The second-order valence-corrected chi connectivity index (χ2v) is 11.8. The molecule has 0 spiro atoms. The molecule has 0 bridgehead atoms. The van der Waals surface area contributed by atoms with E-state index in [9.17, 15) is 23.3 Å². The fourth-order valence-corrected chi connectivity index (χ4v) is 7.39. The van der Waals surface area contributed by atoms with E-state index in [-0.39, 0.29) is 42.2 Å². The van der Waals surface area contributed by atoms with Crippen molar-refractivity contribution in [2.45, 2.75) is 50.3 Å². The number of Topliss-reactive ketones (excluding diaryl/α,β-unsaturated/α-hetero) is 1. The third kappa shape index (κ3) is 5.42. The Hall–Kier alpha value is -2.74. The van der Waals surface area contributed by atoms with E-state index in [0.717, 1.165) is 31.2 Å². The Bertz CT molecular complexity index is 1250. The molecule has 0 atom stereocenters. The van der Waals surface area contributed by atoms with Gasteiger partial charge in [0.2, 0.25) is 10.0 Å². The molecule has 0 saturated carbocycles. The largest absolute Gasteiger partial charge is 0.466 e. The van der Waals surface area contributed by atoms with Gasteiger partial charge in [-0.25, -0.2) is 8.42 Å². The van der Waals surface area contributed by atoms with Gasteiger partial charge in [0.05, 0.1) is 29.5 Å². The topological polar surface area (TPSA) is 117 Å². The lowest BCUT2D eigenvalue weighted by Gasteiger charge is -2.30. The van der Waals surface area contributed by atoms with Crippen molar-refractivity contribution < 1.29 is 22.7 Å². The number of hydrogen-bond acceptors (Lipinski definition) is 8. The Morgan fingerprint density at radius 1 is 1.23 bits per heavy atom. The molecular formula is C25H29N3O5S2. The van der Waals surface area contributed by atoms with E-state index in [0.29, 0.717) is 35.6 Å². The number of hydrogen-bond donors (Lipinski definition) is 1. The Morgan fingerprint density at radius 3 is 2.69 bits per heavy atom. The Kier molecular flexibility index (Phi) is 7.89. The summed E-state index contributed by atoms with van der Waals surface area (Å²) >= 11 is 1.53. The lowest BCUT2D eigenvalue weighted by Crippen LogP contribution is -2.40. The number of aryl methyl sites for hydroxylation is 1. The van der Waals surface area contributed by atoms with Crippen LogP contribution >= 0.6 is 11.3 Å². The summed E-state index contributed by atoms with van der Waals surface area (Å²) in [5, 5.41) is 13.4. The number of sulfonamides is 1. The summed E-state index contributed by atoms with van der Waals surface area (Å²) in [6, 6.07) is 8.32. The minimum atomic E-state index is -3.79. The smallest absolute Gasteiger partial charge is 0.309 e. The number of carbonyl (C=O) groups excluding carboxylic acids is 2. The highest BCUT2D eigenvalue weighted by Crippen LogP contribution is 2.37. The van der Waals surface area contributed by atoms with Gasteiger partial charge in [-0.05, 0) is 63.1 Å². The van der Waals surface area contributed by atoms with E-state index in [1.807, 2.05) is 0 Å². The molecule has 1 aromatic carbocycles. The molecule has 1 N–H and O–H groups in total. The maximum atomic E-state index is 13.2. The number of piperidine rings is 1. The lowest BCUT2D eigenvalue weighted by molar-refractivity contribution is -0.149. The van der Waals surface area contributed by atoms with Crippen LogP contribution in [0.4, 0.5) is 5.00 Å². The SMILES string of the molecule is CCOC(=O)C1CCN(S(=O)(=O)c2cccc(C(=O)CNc3sc4c(c3C#N)CCCC4)c2)CC1. The Balaban J connectivity index is 1.42. The van der Waals surface area contributed by atoms with Crippen LogP contribution in [0, 0.1) is 17.2 Å². The van der Waals surface area contributed by atoms with Gasteiger partial charge in [0, 0.05) is 23.5 Å². The molecule has 1 aromatic heterocycles. The molecule has 8 nitrogen and oxygen atoms in total. The minimum Gasteiger partial charge on any atom is -0.466 e. The molecule has 1 aliphatic heterocycles. The van der Waals surface area contributed by atoms with Crippen LogP contribution in [-0.2, 0) is 32.4 Å². The average Bonchev–Trinajstić information content (AvgIpc) is 3.25. The van der Waals surface area contributed by atoms with Gasteiger partial charge in [-0.3, -0.25) is 9.59 Å². The van der Waals surface area contributed by atoms with Gasteiger partial charge in [0.15, 0.2) is 5.78 Å². The fourth-order valence-electron chi connectivity index (χ4n) is 4.64. The summed E-state index contributed by atoms with van der Waals surface area (Å²) in [6.45, 7) is 2.48. The summed E-state index contributed by atoms with van der Waals surface area (Å²) < 4.78 is 32.8. The number of thiophene rings is 1. The normalized spacial score (nSPS) is 16.8. The number of rotatable bonds is 8. The first-order valence-electron chi connectivity index (χ1n) is 11.9. The first-order valence-corrected chi connectivity index (χ1v) is 14.2. The molecular weight excluding hydrogens is 486 g/mol. The second kappa shape index (κ2) is 10.9. The molecule has 2 aromatic rings. The van der Waals surface area contributed by atoms with Gasteiger partial charge in [-0.2, -0.15) is 9.57 Å². The van der Waals surface area contributed by atoms with Gasteiger partial charge in [0.25, 0.3) is 0 Å². The maximum Gasteiger partial charge on any atom is 0.309 e. The van der Waals surface area contributed by atoms with E-state index in [2.05, 4.69) is 11.4 Å². The predicted molar refractivity (Wildman–Crippen MR) is 133 cm³/mol. The number of nitriles is 1. The maximum absolute atomic E-state index is 13.2. The summed E-state index contributed by atoms with van der Waals surface area (Å²) in [5.41, 5.74) is 2.01. The van der Waals surface area contributed by atoms with Crippen LogP contribution in [0.5, 0.6) is 0 Å². The average molecular weight is 516 g/mol. The van der Waals surface area contributed by atoms with E-state index < -0.39 is 10.0 Å². The zero-order chi connectivity index (χ0) is 25.0.